The van der Waals surface area contributed by atoms with Gasteiger partial charge in [-0.15, -0.1) is 0 Å². The summed E-state index contributed by atoms with van der Waals surface area (Å²) in [6.07, 6.45) is 1.74. The third-order valence-electron chi connectivity index (χ3n) is 2.31. The standard InChI is InChI=1S/C12H15N3O/c1-9-4-5-10(16-9)7-14-8-12-11(13)3-2-6-15-12/h2-6,14H,7-8,13H2,1H3. The number of pyridine rings is 1. The van der Waals surface area contributed by atoms with Crippen LogP contribution in [0.1, 0.15) is 17.2 Å². The second kappa shape index (κ2) is 4.81. The molecule has 0 aliphatic rings. The highest BCUT2D eigenvalue weighted by Gasteiger charge is 2.01. The first-order valence-electron chi connectivity index (χ1n) is 5.21. The summed E-state index contributed by atoms with van der Waals surface area (Å²) in [6, 6.07) is 7.59. The van der Waals surface area contributed by atoms with Crippen LogP contribution in [0.15, 0.2) is 34.9 Å². The molecule has 0 aromatic carbocycles. The zero-order valence-electron chi connectivity index (χ0n) is 9.23. The van der Waals surface area contributed by atoms with Crippen molar-refractivity contribution in [1.29, 1.82) is 0 Å². The number of aryl methyl sites for hydroxylation is 1. The summed E-state index contributed by atoms with van der Waals surface area (Å²) < 4.78 is 5.44. The van der Waals surface area contributed by atoms with Crippen LogP contribution in [0.25, 0.3) is 0 Å². The highest BCUT2D eigenvalue weighted by atomic mass is 16.3. The molecule has 3 N–H and O–H groups in total. The Morgan fingerprint density at radius 3 is 2.88 bits per heavy atom. The predicted octanol–water partition coefficient (Wildman–Crippen LogP) is 1.86. The average molecular weight is 217 g/mol. The van der Waals surface area contributed by atoms with E-state index in [9.17, 15) is 0 Å². The van der Waals surface area contributed by atoms with Gasteiger partial charge in [-0.1, -0.05) is 0 Å². The van der Waals surface area contributed by atoms with Gasteiger partial charge in [-0.05, 0) is 31.2 Å². The van der Waals surface area contributed by atoms with E-state index in [1.165, 1.54) is 0 Å². The Bertz CT molecular complexity index is 465. The van der Waals surface area contributed by atoms with Crippen LogP contribution < -0.4 is 11.1 Å². The summed E-state index contributed by atoms with van der Waals surface area (Å²) in [5.74, 6) is 1.85. The van der Waals surface area contributed by atoms with Gasteiger partial charge in [0.1, 0.15) is 11.5 Å². The fourth-order valence-electron chi connectivity index (χ4n) is 1.48. The van der Waals surface area contributed by atoms with Gasteiger partial charge >= 0.3 is 0 Å². The molecule has 0 atom stereocenters. The van der Waals surface area contributed by atoms with Crippen molar-refractivity contribution in [2.75, 3.05) is 5.73 Å². The lowest BCUT2D eigenvalue weighted by atomic mass is 10.3. The molecule has 0 spiro atoms. The monoisotopic (exact) mass is 217 g/mol. The largest absolute Gasteiger partial charge is 0.465 e. The molecule has 0 amide bonds. The van der Waals surface area contributed by atoms with Crippen LogP contribution in [0.5, 0.6) is 0 Å². The summed E-state index contributed by atoms with van der Waals surface area (Å²) >= 11 is 0. The van der Waals surface area contributed by atoms with Crippen molar-refractivity contribution < 1.29 is 4.42 Å². The SMILES string of the molecule is Cc1ccc(CNCc2ncccc2N)o1. The Kier molecular flexibility index (Phi) is 3.22. The van der Waals surface area contributed by atoms with Gasteiger partial charge in [0.2, 0.25) is 0 Å². The van der Waals surface area contributed by atoms with E-state index in [4.69, 9.17) is 10.2 Å². The summed E-state index contributed by atoms with van der Waals surface area (Å²) in [6.45, 7) is 3.26. The van der Waals surface area contributed by atoms with Crippen molar-refractivity contribution in [1.82, 2.24) is 10.3 Å². The number of hydrogen-bond acceptors (Lipinski definition) is 4. The maximum absolute atomic E-state index is 5.78. The molecule has 2 rings (SSSR count). The number of hydrogen-bond donors (Lipinski definition) is 2. The van der Waals surface area contributed by atoms with Crippen molar-refractivity contribution in [2.24, 2.45) is 0 Å². The molecular formula is C12H15N3O. The minimum absolute atomic E-state index is 0.645. The van der Waals surface area contributed by atoms with Crippen molar-refractivity contribution in [3.8, 4) is 0 Å². The second-order valence-corrected chi connectivity index (χ2v) is 3.66. The van der Waals surface area contributed by atoms with Crippen LogP contribution in [0.3, 0.4) is 0 Å². The topological polar surface area (TPSA) is 64.1 Å². The minimum atomic E-state index is 0.645. The van der Waals surface area contributed by atoms with Crippen LogP contribution in [0.2, 0.25) is 0 Å². The van der Waals surface area contributed by atoms with Gasteiger partial charge in [-0.2, -0.15) is 0 Å². The van der Waals surface area contributed by atoms with Crippen LogP contribution >= 0.6 is 0 Å². The Hall–Kier alpha value is -1.81. The smallest absolute Gasteiger partial charge is 0.117 e. The summed E-state index contributed by atoms with van der Waals surface area (Å²) in [7, 11) is 0. The maximum Gasteiger partial charge on any atom is 0.117 e. The lowest BCUT2D eigenvalue weighted by Gasteiger charge is -2.04. The first-order valence-corrected chi connectivity index (χ1v) is 5.21. The fourth-order valence-corrected chi connectivity index (χ4v) is 1.48. The van der Waals surface area contributed by atoms with Crippen LogP contribution in [0, 0.1) is 6.92 Å². The number of anilines is 1. The van der Waals surface area contributed by atoms with Gasteiger partial charge in [0.05, 0.1) is 17.9 Å². The number of rotatable bonds is 4. The van der Waals surface area contributed by atoms with E-state index < -0.39 is 0 Å². The Labute approximate surface area is 94.5 Å². The molecule has 0 fully saturated rings. The van der Waals surface area contributed by atoms with Gasteiger partial charge in [-0.3, -0.25) is 4.98 Å². The number of nitrogens with two attached hydrogens (primary N) is 1. The maximum atomic E-state index is 5.78. The van der Waals surface area contributed by atoms with Crippen molar-refractivity contribution in [3.63, 3.8) is 0 Å². The molecule has 2 aromatic heterocycles. The predicted molar refractivity (Wildman–Crippen MR) is 62.6 cm³/mol. The average Bonchev–Trinajstić information content (AvgIpc) is 2.67. The Morgan fingerprint density at radius 1 is 1.31 bits per heavy atom. The summed E-state index contributed by atoms with van der Waals surface area (Å²) in [5, 5.41) is 3.24. The molecule has 0 saturated heterocycles. The molecule has 0 saturated carbocycles. The van der Waals surface area contributed by atoms with Crippen LogP contribution in [0.4, 0.5) is 5.69 Å². The molecule has 0 aliphatic heterocycles. The van der Waals surface area contributed by atoms with E-state index in [-0.39, 0.29) is 0 Å². The van der Waals surface area contributed by atoms with Crippen LogP contribution in [-0.2, 0) is 13.1 Å². The molecule has 0 radical (unpaired) electrons. The zero-order valence-corrected chi connectivity index (χ0v) is 9.23. The summed E-state index contributed by atoms with van der Waals surface area (Å²) in [5.41, 5.74) is 7.36. The highest BCUT2D eigenvalue weighted by molar-refractivity contribution is 5.41. The van der Waals surface area contributed by atoms with E-state index in [0.29, 0.717) is 18.8 Å². The quantitative estimate of drug-likeness (QED) is 0.820. The molecule has 84 valence electrons. The first kappa shape index (κ1) is 10.7. The van der Waals surface area contributed by atoms with E-state index in [1.54, 1.807) is 6.20 Å². The molecule has 2 aromatic rings. The molecular weight excluding hydrogens is 202 g/mol. The Morgan fingerprint density at radius 2 is 2.19 bits per heavy atom. The first-order chi connectivity index (χ1) is 7.75. The third-order valence-corrected chi connectivity index (χ3v) is 2.31. The van der Waals surface area contributed by atoms with Crippen LogP contribution in [-0.4, -0.2) is 4.98 Å². The van der Waals surface area contributed by atoms with Crippen molar-refractivity contribution >= 4 is 5.69 Å². The highest BCUT2D eigenvalue weighted by Crippen LogP contribution is 2.08. The van der Waals surface area contributed by atoms with E-state index in [1.807, 2.05) is 31.2 Å². The molecule has 4 heteroatoms. The van der Waals surface area contributed by atoms with E-state index in [0.717, 1.165) is 17.2 Å². The van der Waals surface area contributed by atoms with E-state index in [2.05, 4.69) is 10.3 Å². The van der Waals surface area contributed by atoms with Gasteiger partial charge in [0, 0.05) is 12.7 Å². The number of nitrogens with one attached hydrogen (secondary N) is 1. The Balaban J connectivity index is 1.87. The molecule has 0 unspecified atom stereocenters. The molecule has 2 heterocycles. The number of nitrogen functional groups attached to an aromatic ring is 1. The zero-order chi connectivity index (χ0) is 11.4. The molecule has 0 bridgehead atoms. The third kappa shape index (κ3) is 2.61. The number of aromatic nitrogens is 1. The van der Waals surface area contributed by atoms with Gasteiger partial charge in [0.15, 0.2) is 0 Å². The normalized spacial score (nSPS) is 10.6. The second-order valence-electron chi connectivity index (χ2n) is 3.66. The number of nitrogens with zero attached hydrogens (tertiary/aromatic N) is 1. The van der Waals surface area contributed by atoms with Gasteiger partial charge < -0.3 is 15.5 Å². The van der Waals surface area contributed by atoms with E-state index >= 15 is 0 Å². The van der Waals surface area contributed by atoms with Crippen molar-refractivity contribution in [2.45, 2.75) is 20.0 Å². The fraction of sp³-hybridized carbons (Fsp3) is 0.250. The summed E-state index contributed by atoms with van der Waals surface area (Å²) in [4.78, 5) is 4.20. The van der Waals surface area contributed by atoms with Gasteiger partial charge in [0.25, 0.3) is 0 Å². The molecule has 0 aliphatic carbocycles. The van der Waals surface area contributed by atoms with Gasteiger partial charge in [-0.25, -0.2) is 0 Å². The lowest BCUT2D eigenvalue weighted by Crippen LogP contribution is -2.14. The lowest BCUT2D eigenvalue weighted by molar-refractivity contribution is 0.461. The minimum Gasteiger partial charge on any atom is -0.465 e. The van der Waals surface area contributed by atoms with Crippen molar-refractivity contribution in [3.05, 3.63) is 47.7 Å². The number of furan rings is 1. The molecule has 4 nitrogen and oxygen atoms in total. The molecule has 16 heavy (non-hydrogen) atoms.